The molecule has 3 aromatic heterocycles. The van der Waals surface area contributed by atoms with Crippen molar-refractivity contribution in [2.45, 2.75) is 12.5 Å². The van der Waals surface area contributed by atoms with E-state index in [1.54, 1.807) is 42.7 Å². The molecule has 0 aliphatic carbocycles. The first-order chi connectivity index (χ1) is 19.4. The first kappa shape index (κ1) is 26.3. The van der Waals surface area contributed by atoms with Gasteiger partial charge < -0.3 is 20.7 Å². The number of hydrogen-bond donors (Lipinski definition) is 4. The van der Waals surface area contributed by atoms with Crippen LogP contribution in [0.1, 0.15) is 21.5 Å². The molecule has 0 radical (unpaired) electrons. The van der Waals surface area contributed by atoms with Crippen LogP contribution in [0.2, 0.25) is 5.02 Å². The van der Waals surface area contributed by atoms with Gasteiger partial charge >= 0.3 is 5.97 Å². The number of carbonyl (C=O) groups is 3. The lowest BCUT2D eigenvalue weighted by molar-refractivity contribution is -0.123. The van der Waals surface area contributed by atoms with Gasteiger partial charge in [-0.3, -0.25) is 9.59 Å². The largest absolute Gasteiger partial charge is 0.478 e. The molecule has 12 nitrogen and oxygen atoms in total. The van der Waals surface area contributed by atoms with E-state index in [-0.39, 0.29) is 12.0 Å². The van der Waals surface area contributed by atoms with Crippen molar-refractivity contribution in [3.63, 3.8) is 0 Å². The van der Waals surface area contributed by atoms with Gasteiger partial charge in [0.1, 0.15) is 18.0 Å². The van der Waals surface area contributed by atoms with E-state index >= 15 is 0 Å². The minimum absolute atomic E-state index is 0.0846. The number of halogens is 1. The number of hydrogen-bond acceptors (Lipinski definition) is 7. The Balaban J connectivity index is 1.38. The van der Waals surface area contributed by atoms with Crippen molar-refractivity contribution in [3.8, 4) is 5.69 Å². The van der Waals surface area contributed by atoms with Crippen molar-refractivity contribution in [3.05, 3.63) is 101 Å². The number of nitrogens with zero attached hydrogens (tertiary/aromatic N) is 5. The van der Waals surface area contributed by atoms with E-state index in [0.29, 0.717) is 27.6 Å². The van der Waals surface area contributed by atoms with E-state index in [9.17, 15) is 14.4 Å². The highest BCUT2D eigenvalue weighted by molar-refractivity contribution is 6.30. The van der Waals surface area contributed by atoms with Gasteiger partial charge in [-0.25, -0.2) is 9.78 Å². The van der Waals surface area contributed by atoms with Gasteiger partial charge in [0.05, 0.1) is 11.3 Å². The number of nitrogens with one attached hydrogen (secondary N) is 3. The number of H-pyrrole nitrogens is 1. The Morgan fingerprint density at radius 1 is 1.12 bits per heavy atom. The number of carbonyl (C=O) groups excluding carboxylic acids is 2. The van der Waals surface area contributed by atoms with Crippen LogP contribution in [0.15, 0.2) is 79.4 Å². The lowest BCUT2D eigenvalue weighted by Gasteiger charge is -2.18. The molecule has 0 bridgehead atoms. The number of aromatic carboxylic acids is 1. The van der Waals surface area contributed by atoms with Crippen molar-refractivity contribution in [1.29, 1.82) is 0 Å². The van der Waals surface area contributed by atoms with Crippen LogP contribution in [0.3, 0.4) is 0 Å². The smallest absolute Gasteiger partial charge is 0.335 e. The van der Waals surface area contributed by atoms with Gasteiger partial charge in [-0.05, 0) is 76.7 Å². The van der Waals surface area contributed by atoms with Crippen molar-refractivity contribution >= 4 is 52.2 Å². The highest BCUT2D eigenvalue weighted by Gasteiger charge is 2.23. The fourth-order valence-corrected chi connectivity index (χ4v) is 4.24. The highest BCUT2D eigenvalue weighted by atomic mass is 35.5. The second-order valence-electron chi connectivity index (χ2n) is 8.64. The standard InChI is InChI=1S/C27H21ClN8O4/c28-19-6-9-23(36-15-31-34-35-36)17(12-19)5-10-24(37)33-22(13-18-14-30-25-21(18)2-1-11-29-25)26(38)32-20-7-3-16(4-8-20)27(39)40/h1-12,14-15,22H,13H2,(H,29,30)(H,32,38)(H,33,37)(H,39,40). The Morgan fingerprint density at radius 3 is 2.70 bits per heavy atom. The van der Waals surface area contributed by atoms with Crippen LogP contribution in [-0.4, -0.2) is 59.1 Å². The van der Waals surface area contributed by atoms with Crippen LogP contribution in [0.4, 0.5) is 5.69 Å². The summed E-state index contributed by atoms with van der Waals surface area (Å²) in [7, 11) is 0. The predicted molar refractivity (Wildman–Crippen MR) is 147 cm³/mol. The molecule has 0 saturated carbocycles. The van der Waals surface area contributed by atoms with Crippen molar-refractivity contribution < 1.29 is 19.5 Å². The maximum absolute atomic E-state index is 13.3. The molecule has 0 saturated heterocycles. The molecular weight excluding hydrogens is 536 g/mol. The summed E-state index contributed by atoms with van der Waals surface area (Å²) >= 11 is 6.16. The molecule has 1 atom stereocenters. The molecule has 2 aromatic carbocycles. The number of carboxylic acid groups (broad SMARTS) is 1. The topological polar surface area (TPSA) is 168 Å². The molecule has 5 aromatic rings. The Bertz CT molecular complexity index is 1710. The van der Waals surface area contributed by atoms with Crippen LogP contribution in [-0.2, 0) is 16.0 Å². The fraction of sp³-hybridized carbons (Fsp3) is 0.0741. The molecule has 5 rings (SSSR count). The number of rotatable bonds is 9. The van der Waals surface area contributed by atoms with Crippen LogP contribution >= 0.6 is 11.6 Å². The maximum Gasteiger partial charge on any atom is 0.335 e. The van der Waals surface area contributed by atoms with Gasteiger partial charge in [0.15, 0.2) is 0 Å². The molecule has 2 amide bonds. The van der Waals surface area contributed by atoms with Crippen LogP contribution in [0.25, 0.3) is 22.8 Å². The minimum Gasteiger partial charge on any atom is -0.478 e. The molecule has 3 heterocycles. The fourth-order valence-electron chi connectivity index (χ4n) is 4.06. The Labute approximate surface area is 231 Å². The summed E-state index contributed by atoms with van der Waals surface area (Å²) in [6, 6.07) is 13.5. The third-order valence-corrected chi connectivity index (χ3v) is 6.23. The SMILES string of the molecule is O=C(C=Cc1cc(Cl)ccc1-n1cnnn1)NC(Cc1c[nH]c2ncccc12)C(=O)Nc1ccc(C(=O)O)cc1. The zero-order valence-electron chi connectivity index (χ0n) is 20.7. The van der Waals surface area contributed by atoms with E-state index in [2.05, 4.69) is 36.1 Å². The predicted octanol–water partition coefficient (Wildman–Crippen LogP) is 3.27. The van der Waals surface area contributed by atoms with Gasteiger partial charge in [0, 0.05) is 46.6 Å². The van der Waals surface area contributed by atoms with Gasteiger partial charge in [0.25, 0.3) is 0 Å². The minimum atomic E-state index is -1.08. The molecule has 13 heteroatoms. The number of tetrazole rings is 1. The molecule has 200 valence electrons. The molecule has 40 heavy (non-hydrogen) atoms. The van der Waals surface area contributed by atoms with Crippen molar-refractivity contribution in [2.75, 3.05) is 5.32 Å². The van der Waals surface area contributed by atoms with Crippen LogP contribution in [0, 0.1) is 0 Å². The second-order valence-corrected chi connectivity index (χ2v) is 9.08. The Hall–Kier alpha value is -5.36. The van der Waals surface area contributed by atoms with Gasteiger partial charge in [0.2, 0.25) is 11.8 Å². The van der Waals surface area contributed by atoms with E-state index in [1.807, 2.05) is 6.07 Å². The molecule has 0 aliphatic rings. The van der Waals surface area contributed by atoms with Gasteiger partial charge in [-0.2, -0.15) is 4.68 Å². The summed E-state index contributed by atoms with van der Waals surface area (Å²) in [6.45, 7) is 0. The number of benzene rings is 2. The molecule has 0 spiro atoms. The first-order valence-corrected chi connectivity index (χ1v) is 12.3. The summed E-state index contributed by atoms with van der Waals surface area (Å²) in [5.41, 5.74) is 3.09. The number of aromatic nitrogens is 6. The molecule has 1 unspecified atom stereocenters. The highest BCUT2D eigenvalue weighted by Crippen LogP contribution is 2.21. The lowest BCUT2D eigenvalue weighted by atomic mass is 10.0. The number of pyridine rings is 1. The van der Waals surface area contributed by atoms with E-state index in [1.165, 1.54) is 41.4 Å². The van der Waals surface area contributed by atoms with Crippen molar-refractivity contribution in [1.82, 2.24) is 35.5 Å². The number of anilines is 1. The quantitative estimate of drug-likeness (QED) is 0.201. The summed E-state index contributed by atoms with van der Waals surface area (Å²) in [5, 5.41) is 27.1. The van der Waals surface area contributed by atoms with Crippen molar-refractivity contribution in [2.24, 2.45) is 0 Å². The number of carboxylic acids is 1. The Kier molecular flexibility index (Phi) is 7.60. The number of amides is 2. The Morgan fingerprint density at radius 2 is 1.95 bits per heavy atom. The average molecular weight is 557 g/mol. The lowest BCUT2D eigenvalue weighted by Crippen LogP contribution is -2.44. The maximum atomic E-state index is 13.3. The molecule has 0 aliphatic heterocycles. The molecule has 0 fully saturated rings. The summed E-state index contributed by atoms with van der Waals surface area (Å²) in [5.74, 6) is -2.09. The number of aromatic amines is 1. The summed E-state index contributed by atoms with van der Waals surface area (Å²) in [6.07, 6.45) is 7.81. The third kappa shape index (κ3) is 6.03. The van der Waals surface area contributed by atoms with Gasteiger partial charge in [-0.1, -0.05) is 11.6 Å². The summed E-state index contributed by atoms with van der Waals surface area (Å²) in [4.78, 5) is 44.9. The zero-order chi connectivity index (χ0) is 28.1. The molecule has 4 N–H and O–H groups in total. The zero-order valence-corrected chi connectivity index (χ0v) is 21.4. The van der Waals surface area contributed by atoms with E-state index < -0.39 is 23.8 Å². The monoisotopic (exact) mass is 556 g/mol. The van der Waals surface area contributed by atoms with Crippen LogP contribution in [0.5, 0.6) is 0 Å². The van der Waals surface area contributed by atoms with Gasteiger partial charge in [-0.15, -0.1) is 5.10 Å². The van der Waals surface area contributed by atoms with E-state index in [4.69, 9.17) is 16.7 Å². The second kappa shape index (κ2) is 11.6. The van der Waals surface area contributed by atoms with E-state index in [0.717, 1.165) is 10.9 Å². The normalized spacial score (nSPS) is 11.9. The average Bonchev–Trinajstić information content (AvgIpc) is 3.63. The molecular formula is C27H21ClN8O4. The third-order valence-electron chi connectivity index (χ3n) is 5.99. The van der Waals surface area contributed by atoms with Crippen LogP contribution < -0.4 is 10.6 Å². The first-order valence-electron chi connectivity index (χ1n) is 11.9. The number of fused-ring (bicyclic) bond motifs is 1. The summed E-state index contributed by atoms with van der Waals surface area (Å²) < 4.78 is 1.44.